The van der Waals surface area contributed by atoms with Crippen LogP contribution >= 0.6 is 0 Å². The molecular weight excluding hydrogens is 140 g/mol. The molecule has 0 aromatic heterocycles. The van der Waals surface area contributed by atoms with Crippen molar-refractivity contribution in [3.05, 3.63) is 0 Å². The molecule has 1 N–H and O–H groups in total. The quantitative estimate of drug-likeness (QED) is 0.677. The molecule has 66 valence electrons. The van der Waals surface area contributed by atoms with Crippen LogP contribution in [0, 0.1) is 0 Å². The van der Waals surface area contributed by atoms with Gasteiger partial charge in [0, 0.05) is 6.61 Å². The summed E-state index contributed by atoms with van der Waals surface area (Å²) in [5.74, 6) is 0. The molecule has 0 aromatic carbocycles. The van der Waals surface area contributed by atoms with Crippen molar-refractivity contribution in [1.29, 1.82) is 0 Å². The van der Waals surface area contributed by atoms with Crippen LogP contribution in [0.2, 0.25) is 0 Å². The van der Waals surface area contributed by atoms with Crippen LogP contribution < -0.4 is 0 Å². The van der Waals surface area contributed by atoms with Crippen molar-refractivity contribution in [1.82, 2.24) is 0 Å². The van der Waals surface area contributed by atoms with E-state index in [1.807, 2.05) is 0 Å². The molecule has 1 rings (SSSR count). The Morgan fingerprint density at radius 1 is 1.27 bits per heavy atom. The fraction of sp³-hybridized carbons (Fsp3) is 1.00. The van der Waals surface area contributed by atoms with Crippen molar-refractivity contribution in [2.45, 2.75) is 51.2 Å². The molecule has 1 saturated carbocycles. The molecular formula is C9H18O2. The molecule has 0 aromatic rings. The Balaban J connectivity index is 2.07. The Kier molecular flexibility index (Phi) is 3.87. The second-order valence-corrected chi connectivity index (χ2v) is 3.30. The number of ether oxygens (including phenoxy) is 1. The van der Waals surface area contributed by atoms with Crippen molar-refractivity contribution < 1.29 is 9.84 Å². The van der Waals surface area contributed by atoms with Crippen molar-refractivity contribution >= 4 is 0 Å². The Labute approximate surface area is 68.6 Å². The smallest absolute Gasteiger partial charge is 0.0577 e. The molecule has 11 heavy (non-hydrogen) atoms. The van der Waals surface area contributed by atoms with Crippen LogP contribution in [-0.2, 0) is 4.74 Å². The maximum atomic E-state index is 9.20. The molecule has 1 aliphatic carbocycles. The van der Waals surface area contributed by atoms with Crippen LogP contribution in [0.25, 0.3) is 0 Å². The topological polar surface area (TPSA) is 29.5 Å². The highest BCUT2D eigenvalue weighted by molar-refractivity contribution is 4.71. The SMILES string of the molecule is CCCOC1CCC(O)CC1. The van der Waals surface area contributed by atoms with Crippen LogP contribution in [0.3, 0.4) is 0 Å². The third-order valence-electron chi connectivity index (χ3n) is 2.20. The van der Waals surface area contributed by atoms with Crippen LogP contribution in [0.4, 0.5) is 0 Å². The molecule has 1 fully saturated rings. The van der Waals surface area contributed by atoms with Crippen LogP contribution in [0.5, 0.6) is 0 Å². The molecule has 0 spiro atoms. The summed E-state index contributed by atoms with van der Waals surface area (Å²) in [5.41, 5.74) is 0. The fourth-order valence-corrected chi connectivity index (χ4v) is 1.50. The van der Waals surface area contributed by atoms with Crippen molar-refractivity contribution in [2.24, 2.45) is 0 Å². The van der Waals surface area contributed by atoms with E-state index in [4.69, 9.17) is 4.74 Å². The molecule has 0 bridgehead atoms. The number of aliphatic hydroxyl groups excluding tert-OH is 1. The van der Waals surface area contributed by atoms with Gasteiger partial charge in [-0.05, 0) is 32.1 Å². The predicted octanol–water partition coefficient (Wildman–Crippen LogP) is 1.72. The monoisotopic (exact) mass is 158 g/mol. The van der Waals surface area contributed by atoms with E-state index in [1.54, 1.807) is 0 Å². The average Bonchev–Trinajstić information content (AvgIpc) is 2.04. The zero-order valence-corrected chi connectivity index (χ0v) is 7.25. The lowest BCUT2D eigenvalue weighted by atomic mass is 9.95. The fourth-order valence-electron chi connectivity index (χ4n) is 1.50. The maximum absolute atomic E-state index is 9.20. The van der Waals surface area contributed by atoms with E-state index in [-0.39, 0.29) is 6.10 Å². The second-order valence-electron chi connectivity index (χ2n) is 3.30. The first kappa shape index (κ1) is 9.01. The molecule has 0 unspecified atom stereocenters. The summed E-state index contributed by atoms with van der Waals surface area (Å²) in [7, 11) is 0. The molecule has 0 atom stereocenters. The van der Waals surface area contributed by atoms with Gasteiger partial charge in [0.2, 0.25) is 0 Å². The van der Waals surface area contributed by atoms with Gasteiger partial charge in [-0.25, -0.2) is 0 Å². The van der Waals surface area contributed by atoms with Gasteiger partial charge in [-0.15, -0.1) is 0 Å². The largest absolute Gasteiger partial charge is 0.393 e. The van der Waals surface area contributed by atoms with E-state index in [1.165, 1.54) is 0 Å². The third-order valence-corrected chi connectivity index (χ3v) is 2.20. The lowest BCUT2D eigenvalue weighted by molar-refractivity contribution is -0.00275. The molecule has 0 amide bonds. The van der Waals surface area contributed by atoms with Crippen LogP contribution in [0.1, 0.15) is 39.0 Å². The number of rotatable bonds is 3. The highest BCUT2D eigenvalue weighted by Gasteiger charge is 2.18. The Bertz CT molecular complexity index is 93.0. The van der Waals surface area contributed by atoms with Gasteiger partial charge in [-0.2, -0.15) is 0 Å². The van der Waals surface area contributed by atoms with E-state index in [0.29, 0.717) is 6.10 Å². The number of hydrogen-bond acceptors (Lipinski definition) is 2. The summed E-state index contributed by atoms with van der Waals surface area (Å²) in [6, 6.07) is 0. The van der Waals surface area contributed by atoms with Crippen LogP contribution in [-0.4, -0.2) is 23.9 Å². The maximum Gasteiger partial charge on any atom is 0.0577 e. The van der Waals surface area contributed by atoms with E-state index in [0.717, 1.165) is 38.7 Å². The lowest BCUT2D eigenvalue weighted by Crippen LogP contribution is -2.24. The molecule has 2 nitrogen and oxygen atoms in total. The van der Waals surface area contributed by atoms with Gasteiger partial charge in [-0.1, -0.05) is 6.92 Å². The molecule has 2 heteroatoms. The van der Waals surface area contributed by atoms with E-state index < -0.39 is 0 Å². The van der Waals surface area contributed by atoms with Gasteiger partial charge >= 0.3 is 0 Å². The Hall–Kier alpha value is -0.0800. The highest BCUT2D eigenvalue weighted by Crippen LogP contribution is 2.20. The third kappa shape index (κ3) is 3.21. The van der Waals surface area contributed by atoms with Gasteiger partial charge in [0.15, 0.2) is 0 Å². The minimum atomic E-state index is -0.0588. The van der Waals surface area contributed by atoms with Gasteiger partial charge in [0.05, 0.1) is 12.2 Å². The normalized spacial score (nSPS) is 32.2. The van der Waals surface area contributed by atoms with Gasteiger partial charge in [0.1, 0.15) is 0 Å². The van der Waals surface area contributed by atoms with Gasteiger partial charge in [0.25, 0.3) is 0 Å². The van der Waals surface area contributed by atoms with Gasteiger partial charge in [-0.3, -0.25) is 0 Å². The van der Waals surface area contributed by atoms with E-state index >= 15 is 0 Å². The summed E-state index contributed by atoms with van der Waals surface area (Å²) in [4.78, 5) is 0. The highest BCUT2D eigenvalue weighted by atomic mass is 16.5. The van der Waals surface area contributed by atoms with Gasteiger partial charge < -0.3 is 9.84 Å². The minimum Gasteiger partial charge on any atom is -0.393 e. The summed E-state index contributed by atoms with van der Waals surface area (Å²) in [6.45, 7) is 3.00. The lowest BCUT2D eigenvalue weighted by Gasteiger charge is -2.25. The summed E-state index contributed by atoms with van der Waals surface area (Å²) >= 11 is 0. The number of hydrogen-bond donors (Lipinski definition) is 1. The first-order valence-electron chi connectivity index (χ1n) is 4.62. The van der Waals surface area contributed by atoms with E-state index in [2.05, 4.69) is 6.92 Å². The van der Waals surface area contributed by atoms with E-state index in [9.17, 15) is 5.11 Å². The summed E-state index contributed by atoms with van der Waals surface area (Å²) < 4.78 is 5.57. The second kappa shape index (κ2) is 4.73. The Morgan fingerprint density at radius 3 is 2.45 bits per heavy atom. The first-order valence-corrected chi connectivity index (χ1v) is 4.62. The first-order chi connectivity index (χ1) is 5.33. The van der Waals surface area contributed by atoms with Crippen molar-refractivity contribution in [3.63, 3.8) is 0 Å². The molecule has 0 heterocycles. The van der Waals surface area contributed by atoms with Crippen molar-refractivity contribution in [3.8, 4) is 0 Å². The minimum absolute atomic E-state index is 0.0588. The summed E-state index contributed by atoms with van der Waals surface area (Å²) in [5, 5.41) is 9.20. The standard InChI is InChI=1S/C9H18O2/c1-2-7-11-9-5-3-8(10)4-6-9/h8-10H,2-7H2,1H3. The molecule has 0 aliphatic heterocycles. The zero-order valence-electron chi connectivity index (χ0n) is 7.25. The zero-order chi connectivity index (χ0) is 8.10. The molecule has 0 radical (unpaired) electrons. The Morgan fingerprint density at radius 2 is 1.91 bits per heavy atom. The summed E-state index contributed by atoms with van der Waals surface area (Å²) in [6.07, 6.45) is 5.40. The number of aliphatic hydroxyl groups is 1. The average molecular weight is 158 g/mol. The predicted molar refractivity (Wildman–Crippen MR) is 44.5 cm³/mol. The molecule has 0 saturated heterocycles. The molecule has 1 aliphatic rings. The van der Waals surface area contributed by atoms with Crippen LogP contribution in [0.15, 0.2) is 0 Å². The van der Waals surface area contributed by atoms with Crippen molar-refractivity contribution in [2.75, 3.05) is 6.61 Å².